The predicted molar refractivity (Wildman–Crippen MR) is 198 cm³/mol. The minimum Gasteiger partial charge on any atom is -0.479 e. The van der Waals surface area contributed by atoms with Gasteiger partial charge in [0.2, 0.25) is 5.78 Å². The van der Waals surface area contributed by atoms with Crippen LogP contribution in [0.25, 0.3) is 0 Å². The Hall–Kier alpha value is -4.78. The van der Waals surface area contributed by atoms with Gasteiger partial charge in [0.05, 0.1) is 43.4 Å². The molecule has 3 fully saturated rings. The van der Waals surface area contributed by atoms with Crippen molar-refractivity contribution in [1.82, 2.24) is 20.3 Å². The smallest absolute Gasteiger partial charge is 0.311 e. The molecule has 5 aliphatic rings. The number of rotatable bonds is 8. The van der Waals surface area contributed by atoms with Gasteiger partial charge in [-0.2, -0.15) is 5.26 Å². The number of ether oxygens (including phenoxy) is 2. The second kappa shape index (κ2) is 13.0. The summed E-state index contributed by atoms with van der Waals surface area (Å²) in [5.41, 5.74) is 5.60. The van der Waals surface area contributed by atoms with Crippen molar-refractivity contribution >= 4 is 17.7 Å². The Balaban J connectivity index is 1.05. The molecule has 53 heavy (non-hydrogen) atoms. The van der Waals surface area contributed by atoms with E-state index >= 15 is 0 Å². The van der Waals surface area contributed by atoms with Crippen LogP contribution in [0.1, 0.15) is 103 Å². The van der Waals surface area contributed by atoms with Crippen LogP contribution < -0.4 is 5.32 Å². The first-order valence-corrected chi connectivity index (χ1v) is 18.9. The molecule has 278 valence electrons. The van der Waals surface area contributed by atoms with E-state index < -0.39 is 5.41 Å². The number of nitrogens with zero attached hydrogens (tertiary/aromatic N) is 4. The third-order valence-electron chi connectivity index (χ3n) is 14.4. The number of allylic oxidation sites excluding steroid dienone is 7. The monoisotopic (exact) mass is 717 g/mol. The molecule has 1 aromatic carbocycles. The first-order valence-electron chi connectivity index (χ1n) is 18.9. The fraction of sp³-hybridized carbons (Fsp3) is 0.535. The summed E-state index contributed by atoms with van der Waals surface area (Å²) in [5.74, 6) is -0.0975. The Morgan fingerprint density at radius 2 is 1.75 bits per heavy atom. The third kappa shape index (κ3) is 5.87. The molecule has 5 aliphatic carbocycles. The summed E-state index contributed by atoms with van der Waals surface area (Å²) < 4.78 is 12.9. The highest BCUT2D eigenvalue weighted by Crippen LogP contribution is 2.75. The van der Waals surface area contributed by atoms with Crippen LogP contribution in [0.5, 0.6) is 0 Å². The average Bonchev–Trinajstić information content (AvgIpc) is 3.59. The van der Waals surface area contributed by atoms with Crippen molar-refractivity contribution in [3.63, 3.8) is 0 Å². The third-order valence-corrected chi connectivity index (χ3v) is 14.4. The highest BCUT2D eigenvalue weighted by atomic mass is 16.5. The van der Waals surface area contributed by atoms with Crippen LogP contribution in [0.2, 0.25) is 0 Å². The zero-order valence-electron chi connectivity index (χ0n) is 32.1. The lowest BCUT2D eigenvalue weighted by molar-refractivity contribution is -0.180. The first-order chi connectivity index (χ1) is 25.1. The van der Waals surface area contributed by atoms with Crippen molar-refractivity contribution in [2.45, 2.75) is 99.6 Å². The number of hydrogen-bond donors (Lipinski definition) is 1. The quantitative estimate of drug-likeness (QED) is 0.287. The minimum atomic E-state index is -0.476. The molecule has 1 N–H and O–H groups in total. The van der Waals surface area contributed by atoms with E-state index in [4.69, 9.17) is 14.7 Å². The Bertz CT molecular complexity index is 2050. The summed E-state index contributed by atoms with van der Waals surface area (Å²) in [5, 5.41) is 20.1. The van der Waals surface area contributed by atoms with Gasteiger partial charge in [0, 0.05) is 11.0 Å². The van der Waals surface area contributed by atoms with Gasteiger partial charge in [-0.25, -0.2) is 4.68 Å². The van der Waals surface area contributed by atoms with Crippen molar-refractivity contribution in [3.8, 4) is 6.07 Å². The molecule has 0 spiro atoms. The number of nitriles is 1. The maximum absolute atomic E-state index is 13.8. The van der Waals surface area contributed by atoms with Crippen molar-refractivity contribution < 1.29 is 23.9 Å². The number of methoxy groups -OCH3 is 1. The summed E-state index contributed by atoms with van der Waals surface area (Å²) in [6.45, 7) is 14.0. The normalized spacial score (nSPS) is 33.1. The Labute approximate surface area is 312 Å². The zero-order valence-corrected chi connectivity index (χ0v) is 32.1. The second-order valence-electron chi connectivity index (χ2n) is 17.4. The van der Waals surface area contributed by atoms with Crippen LogP contribution in [-0.4, -0.2) is 46.4 Å². The fourth-order valence-corrected chi connectivity index (χ4v) is 10.8. The first kappa shape index (κ1) is 36.6. The molecule has 0 radical (unpaired) electrons. The number of benzene rings is 1. The van der Waals surface area contributed by atoms with E-state index in [2.05, 4.69) is 68.5 Å². The van der Waals surface area contributed by atoms with Gasteiger partial charge >= 0.3 is 5.97 Å². The van der Waals surface area contributed by atoms with Crippen molar-refractivity contribution in [2.75, 3.05) is 13.7 Å². The van der Waals surface area contributed by atoms with Gasteiger partial charge in [-0.3, -0.25) is 14.4 Å². The van der Waals surface area contributed by atoms with E-state index in [9.17, 15) is 14.4 Å². The molecule has 0 unspecified atom stereocenters. The van der Waals surface area contributed by atoms with Crippen molar-refractivity contribution in [2.24, 2.45) is 33.0 Å². The molecule has 0 saturated heterocycles. The lowest BCUT2D eigenvalue weighted by Gasteiger charge is -2.70. The zero-order chi connectivity index (χ0) is 38.0. The van der Waals surface area contributed by atoms with E-state index in [1.54, 1.807) is 29.1 Å². The number of esters is 1. The topological polar surface area (TPSA) is 136 Å². The Morgan fingerprint density at radius 3 is 2.47 bits per heavy atom. The van der Waals surface area contributed by atoms with Gasteiger partial charge in [0.15, 0.2) is 12.4 Å². The summed E-state index contributed by atoms with van der Waals surface area (Å²) in [4.78, 5) is 39.7. The average molecular weight is 718 g/mol. The van der Waals surface area contributed by atoms with Gasteiger partial charge in [0.1, 0.15) is 5.69 Å². The molecule has 0 bridgehead atoms. The van der Waals surface area contributed by atoms with Crippen LogP contribution in [0, 0.1) is 44.3 Å². The molecule has 2 aromatic rings. The second-order valence-corrected chi connectivity index (χ2v) is 17.4. The summed E-state index contributed by atoms with van der Waals surface area (Å²) >= 11 is 0. The highest BCUT2D eigenvalue weighted by Gasteiger charge is 2.67. The molecule has 1 heterocycles. The molecular weight excluding hydrogens is 667 g/mol. The van der Waals surface area contributed by atoms with Crippen LogP contribution >= 0.6 is 0 Å². The number of aromatic nitrogens is 3. The van der Waals surface area contributed by atoms with Gasteiger partial charge < -0.3 is 14.8 Å². The largest absolute Gasteiger partial charge is 0.479 e. The van der Waals surface area contributed by atoms with Crippen LogP contribution in [0.15, 0.2) is 76.7 Å². The Kier molecular flexibility index (Phi) is 8.94. The van der Waals surface area contributed by atoms with Gasteiger partial charge in [0.25, 0.3) is 5.91 Å². The van der Waals surface area contributed by atoms with Gasteiger partial charge in [-0.1, -0.05) is 62.8 Å². The lowest BCUT2D eigenvalue weighted by Crippen LogP contribution is -2.62. The van der Waals surface area contributed by atoms with E-state index in [1.807, 2.05) is 19.1 Å². The lowest BCUT2D eigenvalue weighted by atomic mass is 9.34. The van der Waals surface area contributed by atoms with Crippen LogP contribution in [-0.2, 0) is 36.9 Å². The van der Waals surface area contributed by atoms with E-state index in [-0.39, 0.29) is 58.2 Å². The molecule has 10 nitrogen and oxygen atoms in total. The number of carbonyl (C=O) groups is 3. The van der Waals surface area contributed by atoms with Gasteiger partial charge in [-0.15, -0.1) is 5.10 Å². The molecular formula is C43H51N5O5. The fourth-order valence-electron chi connectivity index (χ4n) is 10.8. The van der Waals surface area contributed by atoms with E-state index in [0.717, 1.165) is 67.2 Å². The van der Waals surface area contributed by atoms with Crippen molar-refractivity contribution in [3.05, 3.63) is 93.6 Å². The predicted octanol–water partition coefficient (Wildman–Crippen LogP) is 7.07. The summed E-state index contributed by atoms with van der Waals surface area (Å²) in [7, 11) is 1.51. The molecule has 7 rings (SSSR count). The number of hydrogen-bond acceptors (Lipinski definition) is 8. The number of nitrogens with one attached hydrogen (secondary N) is 1. The standard InChI is InChI=1S/C43H51N5O5/c1-27-31-12-13-34-41(4,17-19-43(6)35-21-40(3,38(51)52-7)15-14-39(35,2)16-18-42(34,43)5)32(31)20-33(49)37(27)53-26-36(50)45-23-30-25-48(47-46-30)24-29-10-8-28(22-44)9-11-29/h8-13,20,25,35H,14-19,21,23-24,26H2,1-7H3,(H,45,50)/t35-,39-,40-,41+,42-,43+/m1/s1. The minimum absolute atomic E-state index is 0.0165. The molecule has 3 saturated carbocycles. The maximum Gasteiger partial charge on any atom is 0.311 e. The van der Waals surface area contributed by atoms with Crippen molar-refractivity contribution in [1.29, 1.82) is 5.26 Å². The van der Waals surface area contributed by atoms with E-state index in [1.165, 1.54) is 12.7 Å². The summed E-state index contributed by atoms with van der Waals surface area (Å²) in [6.07, 6.45) is 14.8. The number of carbonyl (C=O) groups excluding carboxylic acids is 3. The summed E-state index contributed by atoms with van der Waals surface area (Å²) in [6, 6.07) is 9.37. The number of amides is 1. The molecule has 10 heteroatoms. The Morgan fingerprint density at radius 1 is 1.02 bits per heavy atom. The SMILES string of the molecule is COC(=O)[C@]1(C)CC[C@]2(C)CC[C@]3(C)C4=CC=C5C(=CC(=O)C(OCC(=O)NCc6cn(Cc7ccc(C#N)cc7)nn6)=C5C)[C@]4(C)CC[C@@]3(C)[C@@H]2C1. The van der Waals surface area contributed by atoms with Crippen LogP contribution in [0.4, 0.5) is 0 Å². The molecule has 6 atom stereocenters. The molecule has 1 aromatic heterocycles. The maximum atomic E-state index is 13.8. The highest BCUT2D eigenvalue weighted by molar-refractivity contribution is 6.07. The number of fused-ring (bicyclic) bond motifs is 7. The number of ketones is 1. The molecule has 0 aliphatic heterocycles. The van der Waals surface area contributed by atoms with Crippen LogP contribution in [0.3, 0.4) is 0 Å². The molecule has 1 amide bonds. The van der Waals surface area contributed by atoms with Gasteiger partial charge in [-0.05, 0) is 116 Å². The van der Waals surface area contributed by atoms with E-state index in [0.29, 0.717) is 23.7 Å².